The van der Waals surface area contributed by atoms with E-state index in [1.807, 2.05) is 18.2 Å². The molecule has 2 N–H and O–H groups in total. The summed E-state index contributed by atoms with van der Waals surface area (Å²) in [5.74, 6) is -0.279. The first-order chi connectivity index (χ1) is 13.5. The molecule has 1 atom stereocenters. The molecule has 1 fully saturated rings. The fraction of sp³-hybridized carbons (Fsp3) is 0.450. The van der Waals surface area contributed by atoms with Gasteiger partial charge in [-0.2, -0.15) is 0 Å². The van der Waals surface area contributed by atoms with Crippen molar-refractivity contribution >= 4 is 27.3 Å². The van der Waals surface area contributed by atoms with E-state index >= 15 is 0 Å². The number of nitrogens with one attached hydrogen (secondary N) is 2. The largest absolute Gasteiger partial charge is 0.354 e. The first kappa shape index (κ1) is 21.0. The van der Waals surface area contributed by atoms with Crippen molar-refractivity contribution in [3.05, 3.63) is 52.2 Å². The first-order valence-electron chi connectivity index (χ1n) is 9.60. The monoisotopic (exact) mass is 421 g/mol. The predicted octanol–water partition coefficient (Wildman–Crippen LogP) is 3.00. The van der Waals surface area contributed by atoms with Gasteiger partial charge in [0, 0.05) is 25.0 Å². The van der Waals surface area contributed by atoms with Crippen LogP contribution in [0.15, 0.2) is 46.7 Å². The SMILES string of the molecule is CNC(=O)c1cc(S(=O)(=O)NC[C@H](c2ccccc2)N2CCCCCC2)cs1. The second-order valence-corrected chi connectivity index (χ2v) is 9.63. The maximum atomic E-state index is 12.8. The number of benzene rings is 1. The maximum Gasteiger partial charge on any atom is 0.261 e. The second kappa shape index (κ2) is 9.65. The van der Waals surface area contributed by atoms with Crippen LogP contribution in [0.3, 0.4) is 0 Å². The number of amides is 1. The van der Waals surface area contributed by atoms with Gasteiger partial charge in [-0.1, -0.05) is 43.2 Å². The summed E-state index contributed by atoms with van der Waals surface area (Å²) in [5.41, 5.74) is 1.11. The molecule has 1 aliphatic rings. The molecule has 0 bridgehead atoms. The van der Waals surface area contributed by atoms with Crippen LogP contribution in [-0.4, -0.2) is 45.9 Å². The van der Waals surface area contributed by atoms with E-state index in [2.05, 4.69) is 27.1 Å². The van der Waals surface area contributed by atoms with Gasteiger partial charge in [0.2, 0.25) is 10.0 Å². The average molecular weight is 422 g/mol. The van der Waals surface area contributed by atoms with Crippen LogP contribution in [0.4, 0.5) is 0 Å². The van der Waals surface area contributed by atoms with Gasteiger partial charge in [0.15, 0.2) is 0 Å². The minimum atomic E-state index is -3.68. The van der Waals surface area contributed by atoms with E-state index in [-0.39, 0.29) is 16.8 Å². The van der Waals surface area contributed by atoms with Crippen LogP contribution in [0.1, 0.15) is 47.0 Å². The summed E-state index contributed by atoms with van der Waals surface area (Å²) in [6, 6.07) is 11.5. The van der Waals surface area contributed by atoms with Crippen molar-refractivity contribution in [3.8, 4) is 0 Å². The average Bonchev–Trinajstić information content (AvgIpc) is 3.07. The quantitative estimate of drug-likeness (QED) is 0.720. The number of sulfonamides is 1. The van der Waals surface area contributed by atoms with Crippen molar-refractivity contribution in [3.63, 3.8) is 0 Å². The molecule has 0 saturated carbocycles. The Morgan fingerprint density at radius 3 is 2.46 bits per heavy atom. The highest BCUT2D eigenvalue weighted by Crippen LogP contribution is 2.25. The molecule has 2 aromatic rings. The van der Waals surface area contributed by atoms with Gasteiger partial charge in [-0.25, -0.2) is 13.1 Å². The highest BCUT2D eigenvalue weighted by Gasteiger charge is 2.25. The van der Waals surface area contributed by atoms with E-state index in [1.165, 1.54) is 31.3 Å². The van der Waals surface area contributed by atoms with Gasteiger partial charge in [0.25, 0.3) is 5.91 Å². The number of rotatable bonds is 7. The Kier molecular flexibility index (Phi) is 7.23. The Bertz CT molecular complexity index is 873. The number of carbonyl (C=O) groups excluding carboxylic acids is 1. The summed E-state index contributed by atoms with van der Waals surface area (Å²) < 4.78 is 28.3. The number of nitrogens with zero attached hydrogens (tertiary/aromatic N) is 1. The molecular weight excluding hydrogens is 394 g/mol. The van der Waals surface area contributed by atoms with E-state index in [0.29, 0.717) is 11.4 Å². The number of hydrogen-bond acceptors (Lipinski definition) is 5. The number of thiophene rings is 1. The van der Waals surface area contributed by atoms with Gasteiger partial charge in [-0.05, 0) is 37.6 Å². The standard InChI is InChI=1S/C20H27N3O3S2/c1-21-20(24)19-13-17(15-27-19)28(25,26)22-14-18(16-9-5-4-6-10-16)23-11-7-2-3-8-12-23/h4-6,9-10,13,15,18,22H,2-3,7-8,11-12,14H2,1H3,(H,21,24)/t18-/m1/s1. The van der Waals surface area contributed by atoms with E-state index in [9.17, 15) is 13.2 Å². The van der Waals surface area contributed by atoms with Crippen molar-refractivity contribution in [1.82, 2.24) is 14.9 Å². The van der Waals surface area contributed by atoms with Crippen LogP contribution in [0.2, 0.25) is 0 Å². The molecule has 3 rings (SSSR count). The van der Waals surface area contributed by atoms with Crippen LogP contribution < -0.4 is 10.0 Å². The molecule has 0 radical (unpaired) electrons. The topological polar surface area (TPSA) is 78.5 Å². The van der Waals surface area contributed by atoms with Crippen LogP contribution in [0.5, 0.6) is 0 Å². The maximum absolute atomic E-state index is 12.8. The van der Waals surface area contributed by atoms with Gasteiger partial charge in [0.1, 0.15) is 0 Å². The Hall–Kier alpha value is -1.74. The molecule has 2 heterocycles. The van der Waals surface area contributed by atoms with Crippen molar-refractivity contribution in [2.75, 3.05) is 26.7 Å². The first-order valence-corrected chi connectivity index (χ1v) is 12.0. The summed E-state index contributed by atoms with van der Waals surface area (Å²) >= 11 is 1.13. The van der Waals surface area contributed by atoms with E-state index in [4.69, 9.17) is 0 Å². The van der Waals surface area contributed by atoms with Crippen molar-refractivity contribution in [2.24, 2.45) is 0 Å². The third-order valence-corrected chi connectivity index (χ3v) is 7.55. The van der Waals surface area contributed by atoms with Gasteiger partial charge in [-0.15, -0.1) is 11.3 Å². The molecular formula is C20H27N3O3S2. The molecule has 0 unspecified atom stereocenters. The lowest BCUT2D eigenvalue weighted by atomic mass is 10.1. The molecule has 1 aromatic heterocycles. The second-order valence-electron chi connectivity index (χ2n) is 6.95. The summed E-state index contributed by atoms with van der Waals surface area (Å²) in [7, 11) is -2.15. The number of hydrogen-bond donors (Lipinski definition) is 2. The molecule has 0 aliphatic carbocycles. The minimum Gasteiger partial charge on any atom is -0.354 e. The van der Waals surface area contributed by atoms with Crippen LogP contribution in [0, 0.1) is 0 Å². The highest BCUT2D eigenvalue weighted by atomic mass is 32.2. The Labute approximate surface area is 171 Å². The van der Waals surface area contributed by atoms with Gasteiger partial charge >= 0.3 is 0 Å². The van der Waals surface area contributed by atoms with E-state index in [1.54, 1.807) is 0 Å². The smallest absolute Gasteiger partial charge is 0.261 e. The zero-order chi connectivity index (χ0) is 20.0. The van der Waals surface area contributed by atoms with E-state index < -0.39 is 10.0 Å². The minimum absolute atomic E-state index is 0.00822. The molecule has 6 nitrogen and oxygen atoms in total. The Balaban J connectivity index is 1.77. The lowest BCUT2D eigenvalue weighted by Gasteiger charge is -2.31. The van der Waals surface area contributed by atoms with E-state index in [0.717, 1.165) is 42.8 Å². The van der Waals surface area contributed by atoms with Crippen LogP contribution in [0.25, 0.3) is 0 Å². The van der Waals surface area contributed by atoms with Crippen LogP contribution in [-0.2, 0) is 10.0 Å². The van der Waals surface area contributed by atoms with Crippen molar-refractivity contribution in [2.45, 2.75) is 36.6 Å². The Morgan fingerprint density at radius 1 is 1.14 bits per heavy atom. The third kappa shape index (κ3) is 5.20. The third-order valence-electron chi connectivity index (χ3n) is 5.07. The molecule has 1 saturated heterocycles. The molecule has 1 aliphatic heterocycles. The summed E-state index contributed by atoms with van der Waals surface area (Å²) in [6.07, 6.45) is 4.72. The number of likely N-dealkylation sites (tertiary alicyclic amines) is 1. The zero-order valence-corrected chi connectivity index (χ0v) is 17.7. The molecule has 8 heteroatoms. The lowest BCUT2D eigenvalue weighted by Crippen LogP contribution is -2.38. The van der Waals surface area contributed by atoms with Crippen molar-refractivity contribution < 1.29 is 13.2 Å². The fourth-order valence-electron chi connectivity index (χ4n) is 3.51. The highest BCUT2D eigenvalue weighted by molar-refractivity contribution is 7.89. The predicted molar refractivity (Wildman–Crippen MR) is 112 cm³/mol. The molecule has 152 valence electrons. The number of carbonyl (C=O) groups is 1. The van der Waals surface area contributed by atoms with Gasteiger partial charge in [-0.3, -0.25) is 9.69 Å². The normalized spacial score (nSPS) is 17.0. The van der Waals surface area contributed by atoms with Crippen molar-refractivity contribution in [1.29, 1.82) is 0 Å². The summed E-state index contributed by atoms with van der Waals surface area (Å²) in [4.78, 5) is 14.6. The van der Waals surface area contributed by atoms with Gasteiger partial charge in [0.05, 0.1) is 9.77 Å². The molecule has 28 heavy (non-hydrogen) atoms. The fourth-order valence-corrected chi connectivity index (χ4v) is 5.77. The lowest BCUT2D eigenvalue weighted by molar-refractivity contribution is 0.0967. The summed E-state index contributed by atoms with van der Waals surface area (Å²) in [6.45, 7) is 2.25. The zero-order valence-electron chi connectivity index (χ0n) is 16.1. The Morgan fingerprint density at radius 2 is 1.82 bits per heavy atom. The molecule has 0 spiro atoms. The molecule has 1 amide bonds. The van der Waals surface area contributed by atoms with Gasteiger partial charge < -0.3 is 5.32 Å². The molecule has 1 aromatic carbocycles. The van der Waals surface area contributed by atoms with Crippen LogP contribution >= 0.6 is 11.3 Å². The summed E-state index contributed by atoms with van der Waals surface area (Å²) in [5, 5.41) is 4.03.